The second-order valence-electron chi connectivity index (χ2n) is 8.66. The van der Waals surface area contributed by atoms with Crippen LogP contribution >= 0.6 is 0 Å². The van der Waals surface area contributed by atoms with Crippen molar-refractivity contribution in [3.63, 3.8) is 0 Å². The lowest BCUT2D eigenvalue weighted by molar-refractivity contribution is -0.116. The third-order valence-electron chi connectivity index (χ3n) is 5.91. The summed E-state index contributed by atoms with van der Waals surface area (Å²) in [7, 11) is 0. The van der Waals surface area contributed by atoms with Gasteiger partial charge < -0.3 is 15.5 Å². The van der Waals surface area contributed by atoms with Crippen molar-refractivity contribution >= 4 is 28.9 Å². The van der Waals surface area contributed by atoms with Crippen LogP contribution in [-0.4, -0.2) is 38.5 Å². The Morgan fingerprint density at radius 3 is 2.48 bits per heavy atom. The van der Waals surface area contributed by atoms with E-state index >= 15 is 0 Å². The Labute approximate surface area is 191 Å². The largest absolute Gasteiger partial charge is 0.356 e. The molecule has 2 aromatic heterocycles. The Bertz CT molecular complexity index is 1210. The fourth-order valence-corrected chi connectivity index (χ4v) is 4.03. The number of rotatable bonds is 7. The molecule has 0 unspecified atom stereocenters. The Morgan fingerprint density at radius 2 is 1.79 bits per heavy atom. The smallest absolute Gasteiger partial charge is 0.254 e. The van der Waals surface area contributed by atoms with Gasteiger partial charge in [-0.25, -0.2) is 15.0 Å². The van der Waals surface area contributed by atoms with Crippen LogP contribution in [0.5, 0.6) is 0 Å². The second-order valence-corrected chi connectivity index (χ2v) is 8.66. The van der Waals surface area contributed by atoms with Gasteiger partial charge in [0.2, 0.25) is 5.91 Å². The van der Waals surface area contributed by atoms with Gasteiger partial charge in [-0.1, -0.05) is 0 Å². The lowest BCUT2D eigenvalue weighted by Gasteiger charge is -2.18. The number of benzene rings is 1. The molecule has 5 rings (SSSR count). The molecule has 1 amide bonds. The van der Waals surface area contributed by atoms with Gasteiger partial charge in [-0.2, -0.15) is 0 Å². The third kappa shape index (κ3) is 5.19. The van der Waals surface area contributed by atoms with E-state index in [0.29, 0.717) is 11.6 Å². The molecule has 0 bridgehead atoms. The maximum Gasteiger partial charge on any atom is 0.254 e. The predicted octanol–water partition coefficient (Wildman–Crippen LogP) is 3.20. The molecule has 9 nitrogen and oxygen atoms in total. The number of aromatic nitrogens is 4. The average molecular weight is 446 g/mol. The highest BCUT2D eigenvalue weighted by Crippen LogP contribution is 2.38. The Hall–Kier alpha value is -3.75. The molecule has 1 saturated heterocycles. The first-order valence-corrected chi connectivity index (χ1v) is 11.4. The summed E-state index contributed by atoms with van der Waals surface area (Å²) in [4.78, 5) is 40.3. The maximum atomic E-state index is 12.4. The molecule has 3 heterocycles. The predicted molar refractivity (Wildman–Crippen MR) is 127 cm³/mol. The topological polar surface area (TPSA) is 105 Å². The first-order valence-electron chi connectivity index (χ1n) is 11.4. The number of carbonyl (C=O) groups excluding carboxylic acids is 1. The van der Waals surface area contributed by atoms with Gasteiger partial charge in [-0.15, -0.1) is 0 Å². The number of nitrogens with one attached hydrogen (secondary N) is 2. The summed E-state index contributed by atoms with van der Waals surface area (Å²) in [5.74, 6) is 2.54. The molecular formula is C24H27N7O2. The molecule has 1 aliphatic heterocycles. The van der Waals surface area contributed by atoms with E-state index in [1.54, 1.807) is 0 Å². The first kappa shape index (κ1) is 21.1. The van der Waals surface area contributed by atoms with Crippen molar-refractivity contribution in [2.24, 2.45) is 0 Å². The zero-order valence-corrected chi connectivity index (χ0v) is 18.6. The number of aryl methyl sites for hydroxylation is 1. The van der Waals surface area contributed by atoms with Crippen LogP contribution in [-0.2, 0) is 11.3 Å². The van der Waals surface area contributed by atoms with Crippen LogP contribution in [0.1, 0.15) is 43.1 Å². The molecule has 170 valence electrons. The third-order valence-corrected chi connectivity index (χ3v) is 5.91. The van der Waals surface area contributed by atoms with Gasteiger partial charge >= 0.3 is 0 Å². The minimum absolute atomic E-state index is 0.0731. The Balaban J connectivity index is 1.20. The van der Waals surface area contributed by atoms with Crippen molar-refractivity contribution in [1.82, 2.24) is 19.5 Å². The highest BCUT2D eigenvalue weighted by atomic mass is 16.2. The van der Waals surface area contributed by atoms with Crippen LogP contribution < -0.4 is 21.1 Å². The van der Waals surface area contributed by atoms with Crippen LogP contribution in [0.4, 0.5) is 23.0 Å². The summed E-state index contributed by atoms with van der Waals surface area (Å²) >= 11 is 0. The number of nitrogens with zero attached hydrogens (tertiary/aromatic N) is 5. The number of hydrogen-bond donors (Lipinski definition) is 2. The maximum absolute atomic E-state index is 12.4. The molecular weight excluding hydrogens is 418 g/mol. The number of anilines is 4. The summed E-state index contributed by atoms with van der Waals surface area (Å²) in [6.07, 6.45) is 6.00. The van der Waals surface area contributed by atoms with Crippen molar-refractivity contribution in [3.8, 4) is 0 Å². The summed E-state index contributed by atoms with van der Waals surface area (Å²) in [6, 6.07) is 10.9. The fourth-order valence-electron chi connectivity index (χ4n) is 4.03. The van der Waals surface area contributed by atoms with E-state index in [2.05, 4.69) is 30.5 Å². The van der Waals surface area contributed by atoms with E-state index in [4.69, 9.17) is 0 Å². The highest BCUT2D eigenvalue weighted by Gasteiger charge is 2.25. The van der Waals surface area contributed by atoms with Gasteiger partial charge in [0.05, 0.1) is 12.0 Å². The molecule has 33 heavy (non-hydrogen) atoms. The monoisotopic (exact) mass is 445 g/mol. The van der Waals surface area contributed by atoms with Gasteiger partial charge in [0.25, 0.3) is 5.56 Å². The number of hydrogen-bond acceptors (Lipinski definition) is 7. The average Bonchev–Trinajstić information content (AvgIpc) is 3.49. The molecule has 9 heteroatoms. The quantitative estimate of drug-likeness (QED) is 0.575. The normalized spacial score (nSPS) is 15.5. The van der Waals surface area contributed by atoms with Crippen LogP contribution in [0.15, 0.2) is 47.5 Å². The fraction of sp³-hybridized carbons (Fsp3) is 0.375. The molecule has 1 aromatic carbocycles. The van der Waals surface area contributed by atoms with E-state index in [1.165, 1.54) is 29.8 Å². The van der Waals surface area contributed by atoms with Crippen LogP contribution in [0.3, 0.4) is 0 Å². The van der Waals surface area contributed by atoms with Gasteiger partial charge in [-0.05, 0) is 56.9 Å². The summed E-state index contributed by atoms with van der Waals surface area (Å²) in [5, 5.41) is 6.14. The summed E-state index contributed by atoms with van der Waals surface area (Å²) in [5.41, 5.74) is 2.13. The minimum Gasteiger partial charge on any atom is -0.356 e. The van der Waals surface area contributed by atoms with Crippen molar-refractivity contribution in [2.75, 3.05) is 28.6 Å². The number of carbonyl (C=O) groups is 1. The first-order chi connectivity index (χ1) is 16.0. The zero-order valence-electron chi connectivity index (χ0n) is 18.6. The summed E-state index contributed by atoms with van der Waals surface area (Å²) in [6.45, 7) is 3.87. The Morgan fingerprint density at radius 1 is 1.06 bits per heavy atom. The lowest BCUT2D eigenvalue weighted by atomic mass is 10.2. The van der Waals surface area contributed by atoms with Crippen molar-refractivity contribution in [3.05, 3.63) is 64.6 Å². The van der Waals surface area contributed by atoms with E-state index in [9.17, 15) is 9.59 Å². The van der Waals surface area contributed by atoms with Gasteiger partial charge in [-0.3, -0.25) is 14.2 Å². The summed E-state index contributed by atoms with van der Waals surface area (Å²) < 4.78 is 1.33. The van der Waals surface area contributed by atoms with Crippen LogP contribution in [0, 0.1) is 6.92 Å². The lowest BCUT2D eigenvalue weighted by Crippen LogP contribution is -2.27. The van der Waals surface area contributed by atoms with Crippen LogP contribution in [0.2, 0.25) is 0 Å². The van der Waals surface area contributed by atoms with Gasteiger partial charge in [0.1, 0.15) is 24.0 Å². The zero-order chi connectivity index (χ0) is 22.8. The molecule has 2 aliphatic rings. The molecule has 1 aliphatic carbocycles. The highest BCUT2D eigenvalue weighted by molar-refractivity contribution is 5.90. The van der Waals surface area contributed by atoms with E-state index in [0.717, 1.165) is 54.8 Å². The van der Waals surface area contributed by atoms with Gasteiger partial charge in [0.15, 0.2) is 0 Å². The van der Waals surface area contributed by atoms with E-state index < -0.39 is 0 Å². The number of amides is 1. The molecule has 0 atom stereocenters. The van der Waals surface area contributed by atoms with E-state index in [1.807, 2.05) is 37.3 Å². The van der Waals surface area contributed by atoms with Crippen molar-refractivity contribution < 1.29 is 4.79 Å². The Kier molecular flexibility index (Phi) is 5.77. The minimum atomic E-state index is -0.277. The molecule has 2 fully saturated rings. The van der Waals surface area contributed by atoms with Crippen molar-refractivity contribution in [1.29, 1.82) is 0 Å². The molecule has 0 spiro atoms. The standard InChI is InChI=1S/C24H27N7O2/c1-16-26-21(13-22(27-16)30-10-2-3-11-30)28-18-6-8-19(9-7-18)29-23(32)14-31-15-25-20(12-24(31)33)17-4-5-17/h6-9,12-13,15,17H,2-5,10-11,14H2,1H3,(H,29,32)(H,26,27,28). The van der Waals surface area contributed by atoms with Crippen LogP contribution in [0.25, 0.3) is 0 Å². The second kappa shape index (κ2) is 9.01. The molecule has 2 N–H and O–H groups in total. The molecule has 0 radical (unpaired) electrons. The SMILES string of the molecule is Cc1nc(Nc2ccc(NC(=O)Cn3cnc(C4CC4)cc3=O)cc2)cc(N2CCCC2)n1. The van der Waals surface area contributed by atoms with Crippen molar-refractivity contribution in [2.45, 2.75) is 45.1 Å². The van der Waals surface area contributed by atoms with E-state index in [-0.39, 0.29) is 18.0 Å². The molecule has 3 aromatic rings. The molecule has 1 saturated carbocycles. The van der Waals surface area contributed by atoms with Gasteiger partial charge in [0, 0.05) is 42.5 Å².